The van der Waals surface area contributed by atoms with Crippen molar-refractivity contribution in [3.63, 3.8) is 0 Å². The van der Waals surface area contributed by atoms with Gasteiger partial charge in [-0.25, -0.2) is 13.6 Å². The Balaban J connectivity index is 1.97. The summed E-state index contributed by atoms with van der Waals surface area (Å²) >= 11 is 6.81. The second kappa shape index (κ2) is 8.17. The van der Waals surface area contributed by atoms with E-state index in [0.29, 0.717) is 17.0 Å². The topological polar surface area (TPSA) is 72.5 Å². The molecule has 0 radical (unpaired) electrons. The highest BCUT2D eigenvalue weighted by atomic mass is 35.5. The molecule has 1 amide bonds. The Kier molecular flexibility index (Phi) is 6.22. The van der Waals surface area contributed by atoms with Crippen LogP contribution in [0.2, 0.25) is 5.02 Å². The van der Waals surface area contributed by atoms with Gasteiger partial charge in [0.2, 0.25) is 11.7 Å². The van der Waals surface area contributed by atoms with Crippen LogP contribution in [0.1, 0.15) is 31.8 Å². The molecule has 25 heavy (non-hydrogen) atoms. The molecule has 1 heterocycles. The molecule has 0 aliphatic rings. The van der Waals surface area contributed by atoms with Crippen LogP contribution in [0.4, 0.5) is 8.78 Å². The zero-order valence-corrected chi connectivity index (χ0v) is 14.5. The number of halogens is 3. The standard InChI is InChI=1S/C16H12ClF2NO4S/c1-8(21)20-6-9-2-3-15(25-9)14(22)7-24-16(23)10-4-12(18)13(19)5-11(10)17/h2-5H,6-7H2,1H3,(H,20,21). The van der Waals surface area contributed by atoms with Crippen molar-refractivity contribution in [3.8, 4) is 0 Å². The molecule has 5 nitrogen and oxygen atoms in total. The fourth-order valence-electron chi connectivity index (χ4n) is 1.79. The van der Waals surface area contributed by atoms with Crippen molar-refractivity contribution in [1.29, 1.82) is 0 Å². The number of hydrogen-bond acceptors (Lipinski definition) is 5. The number of hydrogen-bond donors (Lipinski definition) is 1. The van der Waals surface area contributed by atoms with Crippen molar-refractivity contribution in [1.82, 2.24) is 5.32 Å². The van der Waals surface area contributed by atoms with E-state index in [1.807, 2.05) is 0 Å². The zero-order chi connectivity index (χ0) is 18.6. The fourth-order valence-corrected chi connectivity index (χ4v) is 2.89. The van der Waals surface area contributed by atoms with Crippen LogP contribution < -0.4 is 5.32 Å². The average molecular weight is 388 g/mol. The van der Waals surface area contributed by atoms with Crippen LogP contribution >= 0.6 is 22.9 Å². The first-order chi connectivity index (χ1) is 11.8. The molecule has 0 aliphatic carbocycles. The van der Waals surface area contributed by atoms with Crippen LogP contribution in [-0.4, -0.2) is 24.3 Å². The highest BCUT2D eigenvalue weighted by Gasteiger charge is 2.18. The third kappa shape index (κ3) is 5.07. The minimum atomic E-state index is -1.25. The number of esters is 1. The predicted molar refractivity (Wildman–Crippen MR) is 87.8 cm³/mol. The molecule has 9 heteroatoms. The first-order valence-electron chi connectivity index (χ1n) is 6.96. The van der Waals surface area contributed by atoms with Crippen LogP contribution in [0.25, 0.3) is 0 Å². The van der Waals surface area contributed by atoms with Gasteiger partial charge in [-0.05, 0) is 24.3 Å². The summed E-state index contributed by atoms with van der Waals surface area (Å²) in [7, 11) is 0. The van der Waals surface area contributed by atoms with Crippen molar-refractivity contribution < 1.29 is 27.9 Å². The van der Waals surface area contributed by atoms with Gasteiger partial charge in [-0.15, -0.1) is 11.3 Å². The van der Waals surface area contributed by atoms with E-state index in [0.717, 1.165) is 16.2 Å². The lowest BCUT2D eigenvalue weighted by Gasteiger charge is -2.06. The van der Waals surface area contributed by atoms with Gasteiger partial charge in [-0.3, -0.25) is 9.59 Å². The molecule has 0 spiro atoms. The monoisotopic (exact) mass is 387 g/mol. The molecule has 0 saturated heterocycles. The van der Waals surface area contributed by atoms with Gasteiger partial charge in [-0.2, -0.15) is 0 Å². The molecule has 2 rings (SSSR count). The summed E-state index contributed by atoms with van der Waals surface area (Å²) in [6.45, 7) is 1.09. The van der Waals surface area contributed by atoms with Crippen LogP contribution in [0.15, 0.2) is 24.3 Å². The molecule has 132 valence electrons. The number of thiophene rings is 1. The number of carbonyl (C=O) groups excluding carboxylic acids is 3. The van der Waals surface area contributed by atoms with E-state index in [9.17, 15) is 23.2 Å². The minimum Gasteiger partial charge on any atom is -0.454 e. The highest BCUT2D eigenvalue weighted by Crippen LogP contribution is 2.21. The predicted octanol–water partition coefficient (Wildman–Crippen LogP) is 3.36. The third-order valence-electron chi connectivity index (χ3n) is 3.01. The lowest BCUT2D eigenvalue weighted by Crippen LogP contribution is -2.18. The molecule has 0 saturated carbocycles. The second-order valence-electron chi connectivity index (χ2n) is 4.92. The van der Waals surface area contributed by atoms with Gasteiger partial charge in [0.1, 0.15) is 0 Å². The lowest BCUT2D eigenvalue weighted by atomic mass is 10.2. The van der Waals surface area contributed by atoms with Gasteiger partial charge < -0.3 is 10.1 Å². The molecule has 1 aromatic heterocycles. The first-order valence-corrected chi connectivity index (χ1v) is 8.15. The Morgan fingerprint density at radius 1 is 1.20 bits per heavy atom. The summed E-state index contributed by atoms with van der Waals surface area (Å²) in [6.07, 6.45) is 0. The van der Waals surface area contributed by atoms with E-state index in [1.165, 1.54) is 6.92 Å². The van der Waals surface area contributed by atoms with Crippen molar-refractivity contribution in [2.75, 3.05) is 6.61 Å². The number of rotatable bonds is 6. The largest absolute Gasteiger partial charge is 0.454 e. The maximum Gasteiger partial charge on any atom is 0.340 e. The summed E-state index contributed by atoms with van der Waals surface area (Å²) in [4.78, 5) is 35.8. The van der Waals surface area contributed by atoms with Gasteiger partial charge in [0.25, 0.3) is 0 Å². The lowest BCUT2D eigenvalue weighted by molar-refractivity contribution is -0.119. The summed E-state index contributed by atoms with van der Waals surface area (Å²) in [5, 5.41) is 2.28. The van der Waals surface area contributed by atoms with Crippen molar-refractivity contribution in [3.05, 3.63) is 56.2 Å². The van der Waals surface area contributed by atoms with E-state index in [2.05, 4.69) is 5.32 Å². The quantitative estimate of drug-likeness (QED) is 0.468. The number of Topliss-reactive ketones (excluding diaryl/α,β-unsaturated/α-hetero) is 1. The summed E-state index contributed by atoms with van der Waals surface area (Å²) in [5.74, 6) is -4.14. The van der Waals surface area contributed by atoms with E-state index in [-0.39, 0.29) is 23.0 Å². The van der Waals surface area contributed by atoms with Crippen molar-refractivity contribution >= 4 is 40.6 Å². The number of ketones is 1. The van der Waals surface area contributed by atoms with Gasteiger partial charge in [0, 0.05) is 11.8 Å². The Morgan fingerprint density at radius 3 is 2.56 bits per heavy atom. The van der Waals surface area contributed by atoms with E-state index in [1.54, 1.807) is 12.1 Å². The first kappa shape index (κ1) is 19.0. The van der Waals surface area contributed by atoms with Gasteiger partial charge in [-0.1, -0.05) is 11.6 Å². The van der Waals surface area contributed by atoms with Crippen LogP contribution in [0.5, 0.6) is 0 Å². The Hall–Kier alpha value is -2.32. The van der Waals surface area contributed by atoms with E-state index >= 15 is 0 Å². The SMILES string of the molecule is CC(=O)NCc1ccc(C(=O)COC(=O)c2cc(F)c(F)cc2Cl)s1. The minimum absolute atomic E-state index is 0.196. The molecule has 0 atom stereocenters. The maximum absolute atomic E-state index is 13.2. The fraction of sp³-hybridized carbons (Fsp3) is 0.188. The number of nitrogens with one attached hydrogen (secondary N) is 1. The highest BCUT2D eigenvalue weighted by molar-refractivity contribution is 7.14. The van der Waals surface area contributed by atoms with Gasteiger partial charge in [0.05, 0.1) is 22.0 Å². The van der Waals surface area contributed by atoms with Gasteiger partial charge >= 0.3 is 5.97 Å². The summed E-state index contributed by atoms with van der Waals surface area (Å²) < 4.78 is 31.0. The maximum atomic E-state index is 13.2. The van der Waals surface area contributed by atoms with Gasteiger partial charge in [0.15, 0.2) is 18.2 Å². The van der Waals surface area contributed by atoms with Crippen molar-refractivity contribution in [2.24, 2.45) is 0 Å². The molecular formula is C16H12ClF2NO4S. The average Bonchev–Trinajstić information content (AvgIpc) is 3.02. The van der Waals surface area contributed by atoms with Crippen LogP contribution in [-0.2, 0) is 16.1 Å². The number of benzene rings is 1. The molecular weight excluding hydrogens is 376 g/mol. The van der Waals surface area contributed by atoms with Crippen molar-refractivity contribution in [2.45, 2.75) is 13.5 Å². The molecule has 0 fully saturated rings. The number of amides is 1. The van der Waals surface area contributed by atoms with E-state index < -0.39 is 30.0 Å². The van der Waals surface area contributed by atoms with Crippen LogP contribution in [0.3, 0.4) is 0 Å². The Labute approximate surface area is 150 Å². The smallest absolute Gasteiger partial charge is 0.340 e. The zero-order valence-electron chi connectivity index (χ0n) is 12.9. The van der Waals surface area contributed by atoms with Crippen LogP contribution in [0, 0.1) is 11.6 Å². The molecule has 1 aromatic carbocycles. The summed E-state index contributed by atoms with van der Waals surface area (Å²) in [6, 6.07) is 4.48. The molecule has 1 N–H and O–H groups in total. The second-order valence-corrected chi connectivity index (χ2v) is 6.50. The number of ether oxygens (including phenoxy) is 1. The Morgan fingerprint density at radius 2 is 1.88 bits per heavy atom. The molecule has 0 bridgehead atoms. The normalized spacial score (nSPS) is 10.4. The van der Waals surface area contributed by atoms with E-state index in [4.69, 9.17) is 16.3 Å². The molecule has 0 aliphatic heterocycles. The molecule has 2 aromatic rings. The summed E-state index contributed by atoms with van der Waals surface area (Å²) in [5.41, 5.74) is -0.370. The Bertz CT molecular complexity index is 838. The molecule has 0 unspecified atom stereocenters. The third-order valence-corrected chi connectivity index (χ3v) is 4.45. The number of carbonyl (C=O) groups is 3.